The Kier molecular flexibility index (Phi) is 7.97. The summed E-state index contributed by atoms with van der Waals surface area (Å²) >= 11 is 0. The Bertz CT molecular complexity index is 998. The third-order valence-electron chi connectivity index (χ3n) is 5.96. The average molecular weight is 467 g/mol. The van der Waals surface area contributed by atoms with Crippen LogP contribution in [0, 0.1) is 5.41 Å². The topological polar surface area (TPSA) is 105 Å². The van der Waals surface area contributed by atoms with E-state index < -0.39 is 30.1 Å². The van der Waals surface area contributed by atoms with Crippen molar-refractivity contribution in [2.75, 3.05) is 6.61 Å². The molecule has 0 fully saturated rings. The summed E-state index contributed by atoms with van der Waals surface area (Å²) in [6, 6.07) is 14.2. The third kappa shape index (κ3) is 6.16. The van der Waals surface area contributed by atoms with Gasteiger partial charge >= 0.3 is 12.1 Å². The molecule has 2 atom stereocenters. The molecule has 0 heterocycles. The van der Waals surface area contributed by atoms with Crippen molar-refractivity contribution < 1.29 is 24.2 Å². The summed E-state index contributed by atoms with van der Waals surface area (Å²) in [6.07, 6.45) is 0.590. The predicted molar refractivity (Wildman–Crippen MR) is 131 cm³/mol. The number of carbonyl (C=O) groups excluding carboxylic acids is 2. The molecule has 0 saturated carbocycles. The molecule has 7 heteroatoms. The van der Waals surface area contributed by atoms with Crippen LogP contribution >= 0.6 is 0 Å². The van der Waals surface area contributed by atoms with Gasteiger partial charge in [0.1, 0.15) is 18.7 Å². The zero-order valence-electron chi connectivity index (χ0n) is 20.3. The second-order valence-electron chi connectivity index (χ2n) is 9.98. The first kappa shape index (κ1) is 25.3. The Morgan fingerprint density at radius 3 is 2.00 bits per heavy atom. The fourth-order valence-electron chi connectivity index (χ4n) is 4.42. The van der Waals surface area contributed by atoms with E-state index in [2.05, 4.69) is 22.8 Å². The van der Waals surface area contributed by atoms with Crippen LogP contribution in [0.5, 0.6) is 0 Å². The summed E-state index contributed by atoms with van der Waals surface area (Å²) in [4.78, 5) is 37.1. The first-order valence-electron chi connectivity index (χ1n) is 11.8. The van der Waals surface area contributed by atoms with Crippen molar-refractivity contribution in [3.63, 3.8) is 0 Å². The van der Waals surface area contributed by atoms with Crippen LogP contribution in [0.1, 0.15) is 64.0 Å². The Hall–Kier alpha value is -3.35. The van der Waals surface area contributed by atoms with E-state index in [9.17, 15) is 19.5 Å². The lowest BCUT2D eigenvalue weighted by molar-refractivity contribution is -0.143. The zero-order valence-corrected chi connectivity index (χ0v) is 20.3. The second-order valence-corrected chi connectivity index (χ2v) is 9.98. The van der Waals surface area contributed by atoms with Crippen molar-refractivity contribution in [3.05, 3.63) is 59.7 Å². The van der Waals surface area contributed by atoms with Gasteiger partial charge in [-0.1, -0.05) is 82.6 Å². The number of hydrogen-bond donors (Lipinski definition) is 3. The van der Waals surface area contributed by atoms with Gasteiger partial charge < -0.3 is 20.5 Å². The summed E-state index contributed by atoms with van der Waals surface area (Å²) < 4.78 is 5.55. The number of benzene rings is 2. The molecular formula is C27H34N2O5. The third-order valence-corrected chi connectivity index (χ3v) is 5.96. The number of amides is 2. The van der Waals surface area contributed by atoms with Crippen molar-refractivity contribution in [2.45, 2.75) is 65.0 Å². The number of aliphatic carboxylic acids is 1. The Balaban J connectivity index is 1.64. The standard InChI is InChI=1S/C27H34N2O5/c1-5-10-22(24(30)28-23(25(31)32)15-27(2,3)4)29-26(33)34-16-21-19-13-8-6-11-17(19)18-12-7-9-14-20(18)21/h6-9,11-14,21-23H,5,10,15-16H2,1-4H3,(H,28,30)(H,29,33)(H,31,32)/t22-,23?/m1/s1. The molecule has 0 bridgehead atoms. The van der Waals surface area contributed by atoms with E-state index >= 15 is 0 Å². The van der Waals surface area contributed by atoms with Gasteiger partial charge in [-0.2, -0.15) is 0 Å². The Morgan fingerprint density at radius 2 is 1.50 bits per heavy atom. The highest BCUT2D eigenvalue weighted by Crippen LogP contribution is 2.44. The molecular weight excluding hydrogens is 432 g/mol. The second kappa shape index (κ2) is 10.7. The number of ether oxygens (including phenoxy) is 1. The zero-order chi connectivity index (χ0) is 24.9. The molecule has 0 spiro atoms. The monoisotopic (exact) mass is 466 g/mol. The summed E-state index contributed by atoms with van der Waals surface area (Å²) in [5.74, 6) is -1.70. The van der Waals surface area contributed by atoms with E-state index in [0.717, 1.165) is 22.3 Å². The highest BCUT2D eigenvalue weighted by atomic mass is 16.5. The number of carboxylic acids is 1. The fourth-order valence-corrected chi connectivity index (χ4v) is 4.42. The SMILES string of the molecule is CCC[C@@H](NC(=O)OCC1c2ccccc2-c2ccccc21)C(=O)NC(CC(C)(C)C)C(=O)O. The van der Waals surface area contributed by atoms with E-state index in [1.807, 2.05) is 64.1 Å². The smallest absolute Gasteiger partial charge is 0.407 e. The van der Waals surface area contributed by atoms with Gasteiger partial charge in [0.2, 0.25) is 5.91 Å². The van der Waals surface area contributed by atoms with E-state index in [0.29, 0.717) is 12.8 Å². The van der Waals surface area contributed by atoms with Crippen LogP contribution in [0.4, 0.5) is 4.79 Å². The lowest BCUT2D eigenvalue weighted by atomic mass is 9.88. The predicted octanol–water partition coefficient (Wildman–Crippen LogP) is 4.70. The average Bonchev–Trinajstić information content (AvgIpc) is 3.09. The number of hydrogen-bond acceptors (Lipinski definition) is 4. The molecule has 7 nitrogen and oxygen atoms in total. The highest BCUT2D eigenvalue weighted by molar-refractivity contribution is 5.89. The van der Waals surface area contributed by atoms with Gasteiger partial charge in [-0.25, -0.2) is 9.59 Å². The van der Waals surface area contributed by atoms with E-state index in [1.54, 1.807) is 0 Å². The number of carbonyl (C=O) groups is 3. The maximum atomic E-state index is 12.8. The molecule has 2 aromatic carbocycles. The minimum atomic E-state index is -1.10. The van der Waals surface area contributed by atoms with Crippen LogP contribution < -0.4 is 10.6 Å². The van der Waals surface area contributed by atoms with Crippen LogP contribution in [0.2, 0.25) is 0 Å². The largest absolute Gasteiger partial charge is 0.480 e. The molecule has 34 heavy (non-hydrogen) atoms. The Labute approximate surface area is 200 Å². The molecule has 0 radical (unpaired) electrons. The Morgan fingerprint density at radius 1 is 0.941 bits per heavy atom. The van der Waals surface area contributed by atoms with Crippen LogP contribution in [-0.4, -0.2) is 41.8 Å². The fraction of sp³-hybridized carbons (Fsp3) is 0.444. The number of alkyl carbamates (subject to hydrolysis) is 1. The normalized spacial score (nSPS) is 14.5. The first-order chi connectivity index (χ1) is 16.1. The number of rotatable bonds is 9. The van der Waals surface area contributed by atoms with E-state index in [4.69, 9.17) is 4.74 Å². The number of carboxylic acid groups (broad SMARTS) is 1. The first-order valence-corrected chi connectivity index (χ1v) is 11.8. The van der Waals surface area contributed by atoms with Crippen molar-refractivity contribution in [1.29, 1.82) is 0 Å². The minimum Gasteiger partial charge on any atom is -0.480 e. The molecule has 1 aliphatic rings. The molecule has 1 aliphatic carbocycles. The summed E-state index contributed by atoms with van der Waals surface area (Å²) in [6.45, 7) is 7.76. The van der Waals surface area contributed by atoms with Gasteiger partial charge in [-0.3, -0.25) is 4.79 Å². The van der Waals surface area contributed by atoms with Gasteiger partial charge in [0.15, 0.2) is 0 Å². The molecule has 1 unspecified atom stereocenters. The number of fused-ring (bicyclic) bond motifs is 3. The molecule has 3 rings (SSSR count). The maximum absolute atomic E-state index is 12.8. The lowest BCUT2D eigenvalue weighted by Crippen LogP contribution is -2.52. The molecule has 182 valence electrons. The van der Waals surface area contributed by atoms with Gasteiger partial charge in [0.05, 0.1) is 0 Å². The van der Waals surface area contributed by atoms with Crippen LogP contribution in [0.15, 0.2) is 48.5 Å². The summed E-state index contributed by atoms with van der Waals surface area (Å²) in [5, 5.41) is 14.7. The van der Waals surface area contributed by atoms with Gasteiger partial charge in [0, 0.05) is 5.92 Å². The quantitative estimate of drug-likeness (QED) is 0.497. The highest BCUT2D eigenvalue weighted by Gasteiger charge is 2.31. The van der Waals surface area contributed by atoms with Crippen molar-refractivity contribution >= 4 is 18.0 Å². The molecule has 0 saturated heterocycles. The molecule has 3 N–H and O–H groups in total. The van der Waals surface area contributed by atoms with E-state index in [-0.39, 0.29) is 24.4 Å². The van der Waals surface area contributed by atoms with Gasteiger partial charge in [-0.05, 0) is 40.5 Å². The minimum absolute atomic E-state index is 0.0835. The van der Waals surface area contributed by atoms with Crippen LogP contribution in [0.25, 0.3) is 11.1 Å². The maximum Gasteiger partial charge on any atom is 0.407 e. The molecule has 2 amide bonds. The van der Waals surface area contributed by atoms with Crippen molar-refractivity contribution in [2.24, 2.45) is 5.41 Å². The summed E-state index contributed by atoms with van der Waals surface area (Å²) in [5.41, 5.74) is 4.19. The van der Waals surface area contributed by atoms with Gasteiger partial charge in [-0.15, -0.1) is 0 Å². The van der Waals surface area contributed by atoms with Gasteiger partial charge in [0.25, 0.3) is 0 Å². The molecule has 2 aromatic rings. The summed E-state index contributed by atoms with van der Waals surface area (Å²) in [7, 11) is 0. The number of nitrogens with one attached hydrogen (secondary N) is 2. The van der Waals surface area contributed by atoms with Crippen molar-refractivity contribution in [1.82, 2.24) is 10.6 Å². The lowest BCUT2D eigenvalue weighted by Gasteiger charge is -2.26. The molecule has 0 aromatic heterocycles. The molecule has 0 aliphatic heterocycles. The van der Waals surface area contributed by atoms with E-state index in [1.165, 1.54) is 0 Å². The van der Waals surface area contributed by atoms with Crippen LogP contribution in [-0.2, 0) is 14.3 Å². The van der Waals surface area contributed by atoms with Crippen molar-refractivity contribution in [3.8, 4) is 11.1 Å². The van der Waals surface area contributed by atoms with Crippen LogP contribution in [0.3, 0.4) is 0 Å².